The minimum Gasteiger partial charge on any atom is -0.497 e. The molecule has 1 aliphatic carbocycles. The van der Waals surface area contributed by atoms with Crippen LogP contribution in [0.4, 0.5) is 0 Å². The highest BCUT2D eigenvalue weighted by atomic mass is 31.2. The molecular formula is C22H28NO6P. The zero-order valence-electron chi connectivity index (χ0n) is 17.2. The van der Waals surface area contributed by atoms with Crippen molar-refractivity contribution in [3.8, 4) is 5.75 Å². The number of phosphoric ester groups is 1. The topological polar surface area (TPSA) is 97.6 Å². The lowest BCUT2D eigenvalue weighted by Gasteiger charge is -2.13. The van der Waals surface area contributed by atoms with Gasteiger partial charge in [-0.05, 0) is 66.8 Å². The average molecular weight is 433 g/mol. The summed E-state index contributed by atoms with van der Waals surface area (Å²) in [6.45, 7) is 2.38. The van der Waals surface area contributed by atoms with Gasteiger partial charge in [0.15, 0.2) is 0 Å². The lowest BCUT2D eigenvalue weighted by molar-refractivity contribution is 0.130. The lowest BCUT2D eigenvalue weighted by Crippen LogP contribution is -2.05. The minimum absolute atomic E-state index is 0.106. The first-order valence-electron chi connectivity index (χ1n) is 9.94. The van der Waals surface area contributed by atoms with Crippen LogP contribution < -0.4 is 4.74 Å². The van der Waals surface area contributed by atoms with Gasteiger partial charge < -0.3 is 19.4 Å². The minimum atomic E-state index is -4.39. The number of phosphoric acid groups is 1. The Morgan fingerprint density at radius 3 is 2.63 bits per heavy atom. The van der Waals surface area contributed by atoms with Crippen LogP contribution in [0.2, 0.25) is 0 Å². The maximum Gasteiger partial charge on any atom is 0.469 e. The average Bonchev–Trinajstić information content (AvgIpc) is 3.21. The van der Waals surface area contributed by atoms with Crippen LogP contribution in [0.5, 0.6) is 5.75 Å². The third-order valence-electron chi connectivity index (χ3n) is 5.39. The summed E-state index contributed by atoms with van der Waals surface area (Å²) in [5.74, 6) is 1.34. The molecule has 2 aromatic rings. The highest BCUT2D eigenvalue weighted by Crippen LogP contribution is 2.42. The van der Waals surface area contributed by atoms with E-state index < -0.39 is 7.82 Å². The molecule has 0 unspecified atom stereocenters. The number of benzene rings is 2. The van der Waals surface area contributed by atoms with E-state index in [9.17, 15) is 4.57 Å². The first kappa shape index (κ1) is 22.5. The summed E-state index contributed by atoms with van der Waals surface area (Å²) in [6, 6.07) is 15.9. The van der Waals surface area contributed by atoms with Crippen molar-refractivity contribution in [2.24, 2.45) is 11.1 Å². The van der Waals surface area contributed by atoms with E-state index in [0.717, 1.165) is 41.9 Å². The van der Waals surface area contributed by atoms with E-state index in [2.05, 4.69) is 21.8 Å². The van der Waals surface area contributed by atoms with Gasteiger partial charge in [0.2, 0.25) is 0 Å². The van der Waals surface area contributed by atoms with Gasteiger partial charge in [-0.3, -0.25) is 4.52 Å². The van der Waals surface area contributed by atoms with Crippen LogP contribution in [0.3, 0.4) is 0 Å². The Morgan fingerprint density at radius 1 is 1.17 bits per heavy atom. The van der Waals surface area contributed by atoms with Crippen molar-refractivity contribution in [3.63, 3.8) is 0 Å². The first-order chi connectivity index (χ1) is 14.3. The van der Waals surface area contributed by atoms with Gasteiger partial charge in [0.1, 0.15) is 12.4 Å². The SMILES string of the molecule is COc1cccc(CO/N=C(\C)c2ccc([C@@H]3CC[C@H](COP(=O)(O)O)C3)cc2)c1. The van der Waals surface area contributed by atoms with Crippen molar-refractivity contribution in [1.82, 2.24) is 0 Å². The zero-order chi connectivity index (χ0) is 21.6. The fourth-order valence-corrected chi connectivity index (χ4v) is 4.15. The molecule has 0 saturated heterocycles. The van der Waals surface area contributed by atoms with Gasteiger partial charge in [-0.2, -0.15) is 0 Å². The highest BCUT2D eigenvalue weighted by Gasteiger charge is 2.28. The molecule has 1 aliphatic rings. The molecular weight excluding hydrogens is 405 g/mol. The van der Waals surface area contributed by atoms with Crippen molar-refractivity contribution in [3.05, 3.63) is 65.2 Å². The molecule has 2 atom stereocenters. The number of nitrogens with zero attached hydrogens (tertiary/aromatic N) is 1. The van der Waals surface area contributed by atoms with Gasteiger partial charge in [-0.1, -0.05) is 41.6 Å². The summed E-state index contributed by atoms with van der Waals surface area (Å²) in [5.41, 5.74) is 4.00. The van der Waals surface area contributed by atoms with Crippen LogP contribution in [0.1, 0.15) is 48.8 Å². The number of hydrogen-bond acceptors (Lipinski definition) is 5. The van der Waals surface area contributed by atoms with Crippen molar-refractivity contribution >= 4 is 13.5 Å². The normalized spacial score (nSPS) is 19.7. The third-order valence-corrected chi connectivity index (χ3v) is 5.87. The van der Waals surface area contributed by atoms with Gasteiger partial charge in [0.05, 0.1) is 19.4 Å². The van der Waals surface area contributed by atoms with Gasteiger partial charge >= 0.3 is 7.82 Å². The molecule has 0 spiro atoms. The molecule has 0 aliphatic heterocycles. The van der Waals surface area contributed by atoms with Crippen molar-refractivity contribution < 1.29 is 28.5 Å². The lowest BCUT2D eigenvalue weighted by atomic mass is 9.95. The fraction of sp³-hybridized carbons (Fsp3) is 0.409. The Morgan fingerprint density at radius 2 is 1.93 bits per heavy atom. The molecule has 1 saturated carbocycles. The molecule has 2 aromatic carbocycles. The maximum atomic E-state index is 10.9. The summed E-state index contributed by atoms with van der Waals surface area (Å²) in [5, 5.41) is 4.22. The Kier molecular flexibility index (Phi) is 7.67. The molecule has 0 amide bonds. The number of oxime groups is 1. The van der Waals surface area contributed by atoms with E-state index in [-0.39, 0.29) is 12.5 Å². The molecule has 162 valence electrons. The highest BCUT2D eigenvalue weighted by molar-refractivity contribution is 7.46. The smallest absolute Gasteiger partial charge is 0.469 e. The van der Waals surface area contributed by atoms with Crippen LogP contribution in [0, 0.1) is 5.92 Å². The number of hydrogen-bond donors (Lipinski definition) is 2. The Hall–Kier alpha value is -2.18. The van der Waals surface area contributed by atoms with Crippen LogP contribution in [0.15, 0.2) is 53.7 Å². The molecule has 0 aromatic heterocycles. The number of methoxy groups -OCH3 is 1. The quantitative estimate of drug-likeness (QED) is 0.340. The predicted molar refractivity (Wildman–Crippen MR) is 115 cm³/mol. The Balaban J connectivity index is 1.52. The standard InChI is InChI=1S/C22H28NO6P/c1-16(23-28-14-17-4-3-5-22(13-17)27-2)19-8-10-20(11-9-19)21-7-6-18(12-21)15-29-30(24,25)26/h3-5,8-11,13,18,21H,6-7,12,14-15H2,1-2H3,(H2,24,25,26)/b23-16+/t18-,21+/m0/s1. The monoisotopic (exact) mass is 433 g/mol. The molecule has 1 fully saturated rings. The number of rotatable bonds is 9. The van der Waals surface area contributed by atoms with Gasteiger partial charge in [-0.25, -0.2) is 4.57 Å². The molecule has 0 bridgehead atoms. The second-order valence-electron chi connectivity index (χ2n) is 7.59. The van der Waals surface area contributed by atoms with E-state index in [1.54, 1.807) is 7.11 Å². The van der Waals surface area contributed by atoms with Crippen LogP contribution in [0.25, 0.3) is 0 Å². The summed E-state index contributed by atoms with van der Waals surface area (Å²) >= 11 is 0. The second-order valence-corrected chi connectivity index (χ2v) is 8.83. The number of ether oxygens (including phenoxy) is 1. The largest absolute Gasteiger partial charge is 0.497 e. The van der Waals surface area contributed by atoms with E-state index in [4.69, 9.17) is 19.4 Å². The summed E-state index contributed by atoms with van der Waals surface area (Å²) in [4.78, 5) is 23.2. The van der Waals surface area contributed by atoms with Gasteiger partial charge in [-0.15, -0.1) is 0 Å². The molecule has 30 heavy (non-hydrogen) atoms. The van der Waals surface area contributed by atoms with Crippen LogP contribution >= 0.6 is 7.82 Å². The van der Waals surface area contributed by atoms with Crippen molar-refractivity contribution in [2.45, 2.75) is 38.7 Å². The summed E-state index contributed by atoms with van der Waals surface area (Å²) < 4.78 is 20.7. The van der Waals surface area contributed by atoms with Crippen LogP contribution in [-0.4, -0.2) is 29.2 Å². The van der Waals surface area contributed by atoms with E-state index >= 15 is 0 Å². The molecule has 0 radical (unpaired) electrons. The van der Waals surface area contributed by atoms with E-state index in [1.165, 1.54) is 5.56 Å². The van der Waals surface area contributed by atoms with Crippen molar-refractivity contribution in [1.29, 1.82) is 0 Å². The summed E-state index contributed by atoms with van der Waals surface area (Å²) in [7, 11) is -2.76. The molecule has 7 nitrogen and oxygen atoms in total. The van der Waals surface area contributed by atoms with Gasteiger partial charge in [0, 0.05) is 0 Å². The Labute approximate surface area is 176 Å². The third kappa shape index (κ3) is 6.67. The van der Waals surface area contributed by atoms with Crippen molar-refractivity contribution in [2.75, 3.05) is 13.7 Å². The van der Waals surface area contributed by atoms with Gasteiger partial charge in [0.25, 0.3) is 0 Å². The maximum absolute atomic E-state index is 10.9. The fourth-order valence-electron chi connectivity index (χ4n) is 3.75. The molecule has 0 heterocycles. The molecule has 8 heteroatoms. The summed E-state index contributed by atoms with van der Waals surface area (Å²) in [6.07, 6.45) is 2.77. The Bertz CT molecular complexity index is 908. The predicted octanol–water partition coefficient (Wildman–Crippen LogP) is 4.63. The molecule has 2 N–H and O–H groups in total. The molecule has 3 rings (SSSR count). The van der Waals surface area contributed by atoms with E-state index in [0.29, 0.717) is 12.5 Å². The second kappa shape index (κ2) is 10.2. The zero-order valence-corrected chi connectivity index (χ0v) is 18.1. The first-order valence-corrected chi connectivity index (χ1v) is 11.5. The van der Waals surface area contributed by atoms with E-state index in [1.807, 2.05) is 43.3 Å². The van der Waals surface area contributed by atoms with Crippen LogP contribution in [-0.2, 0) is 20.5 Å².